The summed E-state index contributed by atoms with van der Waals surface area (Å²) in [6, 6.07) is 0.710. The summed E-state index contributed by atoms with van der Waals surface area (Å²) in [6.45, 7) is 6.93. The van der Waals surface area contributed by atoms with E-state index in [1.807, 2.05) is 0 Å². The molecule has 0 fully saturated rings. The number of carbonyl (C=O) groups excluding carboxylic acids is 2. The van der Waals surface area contributed by atoms with Crippen LogP contribution in [0.15, 0.2) is 16.8 Å². The molecule has 1 amide bonds. The first-order valence-electron chi connectivity index (χ1n) is 7.81. The quantitative estimate of drug-likeness (QED) is 0.663. The van der Waals surface area contributed by atoms with Crippen molar-refractivity contribution in [1.29, 1.82) is 0 Å². The molecule has 0 saturated carbocycles. The summed E-state index contributed by atoms with van der Waals surface area (Å²) in [6.07, 6.45) is 1.11. The number of halogens is 1. The Kier molecular flexibility index (Phi) is 4.06. The highest BCUT2D eigenvalue weighted by molar-refractivity contribution is 6.03. The monoisotopic (exact) mass is 347 g/mol. The van der Waals surface area contributed by atoms with E-state index in [4.69, 9.17) is 9.26 Å². The number of nitrogens with one attached hydrogen (secondary N) is 1. The lowest BCUT2D eigenvalue weighted by molar-refractivity contribution is -0.155. The second-order valence-corrected chi connectivity index (χ2v) is 6.85. The average molecular weight is 347 g/mol. The molecule has 1 aliphatic heterocycles. The average Bonchev–Trinajstić information content (AvgIpc) is 2.80. The van der Waals surface area contributed by atoms with Crippen molar-refractivity contribution in [2.75, 3.05) is 0 Å². The number of pyridine rings is 1. The highest BCUT2D eigenvalue weighted by Gasteiger charge is 2.35. The Balaban J connectivity index is 2.04. The van der Waals surface area contributed by atoms with Crippen LogP contribution >= 0.6 is 0 Å². The second-order valence-electron chi connectivity index (χ2n) is 6.85. The van der Waals surface area contributed by atoms with Crippen LogP contribution in [0.5, 0.6) is 0 Å². The minimum atomic E-state index is -0.889. The molecule has 0 radical (unpaired) electrons. The van der Waals surface area contributed by atoms with Crippen molar-refractivity contribution in [3.63, 3.8) is 0 Å². The molecule has 0 bridgehead atoms. The standard InChI is InChI=1S/C17H18FN3O4/c1-8-12-9-5-6-19-15(18)13(9)16(23)20-10(14(12)25-21-8)7-11(22)24-17(2,3)4/h5-6,10H,7H2,1-4H3,(H,20,23)/t10-/m0/s1. The summed E-state index contributed by atoms with van der Waals surface area (Å²) in [4.78, 5) is 28.2. The zero-order chi connectivity index (χ0) is 18.4. The number of aryl methyl sites for hydroxylation is 1. The van der Waals surface area contributed by atoms with Crippen molar-refractivity contribution in [3.8, 4) is 11.1 Å². The van der Waals surface area contributed by atoms with Gasteiger partial charge in [-0.1, -0.05) is 5.16 Å². The molecule has 8 heteroatoms. The number of amides is 1. The van der Waals surface area contributed by atoms with Crippen LogP contribution in [-0.2, 0) is 9.53 Å². The molecule has 0 aliphatic carbocycles. The Morgan fingerprint density at radius 2 is 2.12 bits per heavy atom. The van der Waals surface area contributed by atoms with Crippen LogP contribution in [0.25, 0.3) is 11.1 Å². The molecule has 0 unspecified atom stereocenters. The molecular weight excluding hydrogens is 329 g/mol. The first kappa shape index (κ1) is 17.1. The number of ether oxygens (including phenoxy) is 1. The highest BCUT2D eigenvalue weighted by atomic mass is 19.1. The molecule has 0 saturated heterocycles. The minimum Gasteiger partial charge on any atom is -0.460 e. The topological polar surface area (TPSA) is 94.3 Å². The molecule has 7 nitrogen and oxygen atoms in total. The minimum absolute atomic E-state index is 0.159. The van der Waals surface area contributed by atoms with Gasteiger partial charge in [0.15, 0.2) is 5.76 Å². The smallest absolute Gasteiger partial charge is 0.308 e. The van der Waals surface area contributed by atoms with E-state index in [9.17, 15) is 14.0 Å². The molecule has 2 aromatic heterocycles. The van der Waals surface area contributed by atoms with Gasteiger partial charge in [0, 0.05) is 11.8 Å². The summed E-state index contributed by atoms with van der Waals surface area (Å²) in [7, 11) is 0. The van der Waals surface area contributed by atoms with E-state index < -0.39 is 29.5 Å². The van der Waals surface area contributed by atoms with Gasteiger partial charge in [0.05, 0.1) is 17.7 Å². The molecule has 25 heavy (non-hydrogen) atoms. The van der Waals surface area contributed by atoms with Crippen molar-refractivity contribution in [2.24, 2.45) is 0 Å². The summed E-state index contributed by atoms with van der Waals surface area (Å²) >= 11 is 0. The predicted octanol–water partition coefficient (Wildman–Crippen LogP) is 2.70. The number of esters is 1. The molecule has 0 aromatic carbocycles. The normalized spacial score (nSPS) is 16.5. The lowest BCUT2D eigenvalue weighted by atomic mass is 9.98. The van der Waals surface area contributed by atoms with Gasteiger partial charge in [-0.05, 0) is 33.8 Å². The number of rotatable bonds is 2. The van der Waals surface area contributed by atoms with E-state index in [-0.39, 0.29) is 12.0 Å². The Labute approximate surface area is 143 Å². The summed E-state index contributed by atoms with van der Waals surface area (Å²) in [5.41, 5.74) is 0.466. The molecule has 0 spiro atoms. The first-order chi connectivity index (χ1) is 11.7. The van der Waals surface area contributed by atoms with Gasteiger partial charge in [-0.3, -0.25) is 9.59 Å². The van der Waals surface area contributed by atoms with E-state index in [0.29, 0.717) is 22.6 Å². The summed E-state index contributed by atoms with van der Waals surface area (Å²) < 4.78 is 24.8. The largest absolute Gasteiger partial charge is 0.460 e. The van der Waals surface area contributed by atoms with E-state index in [1.165, 1.54) is 12.3 Å². The maximum atomic E-state index is 14.1. The molecular formula is C17H18FN3O4. The van der Waals surface area contributed by atoms with Crippen LogP contribution in [0, 0.1) is 12.9 Å². The fourth-order valence-electron chi connectivity index (χ4n) is 2.80. The SMILES string of the molecule is Cc1noc2c1-c1ccnc(F)c1C(=O)N[C@H]2CC(=O)OC(C)(C)C. The van der Waals surface area contributed by atoms with Crippen LogP contribution in [0.1, 0.15) is 55.0 Å². The van der Waals surface area contributed by atoms with Gasteiger partial charge in [0.1, 0.15) is 17.2 Å². The third-order valence-corrected chi connectivity index (χ3v) is 3.70. The van der Waals surface area contributed by atoms with E-state index in [1.54, 1.807) is 27.7 Å². The highest BCUT2D eigenvalue weighted by Crippen LogP contribution is 2.38. The first-order valence-corrected chi connectivity index (χ1v) is 7.81. The van der Waals surface area contributed by atoms with Crippen molar-refractivity contribution in [2.45, 2.75) is 45.8 Å². The van der Waals surface area contributed by atoms with Crippen LogP contribution in [0.4, 0.5) is 4.39 Å². The molecule has 1 N–H and O–H groups in total. The van der Waals surface area contributed by atoms with Gasteiger partial charge >= 0.3 is 5.97 Å². The number of hydrogen-bond donors (Lipinski definition) is 1. The van der Waals surface area contributed by atoms with Crippen LogP contribution in [0.2, 0.25) is 0 Å². The van der Waals surface area contributed by atoms with Crippen molar-refractivity contribution in [1.82, 2.24) is 15.5 Å². The maximum Gasteiger partial charge on any atom is 0.308 e. The third kappa shape index (κ3) is 3.24. The molecule has 2 aromatic rings. The van der Waals surface area contributed by atoms with Gasteiger partial charge < -0.3 is 14.6 Å². The zero-order valence-corrected chi connectivity index (χ0v) is 14.3. The molecule has 3 heterocycles. The third-order valence-electron chi connectivity index (χ3n) is 3.70. The van der Waals surface area contributed by atoms with Crippen LogP contribution < -0.4 is 5.32 Å². The van der Waals surface area contributed by atoms with Gasteiger partial charge in [-0.15, -0.1) is 0 Å². The van der Waals surface area contributed by atoms with Crippen molar-refractivity contribution < 1.29 is 23.2 Å². The molecule has 1 atom stereocenters. The lowest BCUT2D eigenvalue weighted by Gasteiger charge is -2.21. The maximum absolute atomic E-state index is 14.1. The van der Waals surface area contributed by atoms with E-state index >= 15 is 0 Å². The van der Waals surface area contributed by atoms with Crippen molar-refractivity contribution in [3.05, 3.63) is 35.2 Å². The molecule has 1 aliphatic rings. The number of aromatic nitrogens is 2. The number of hydrogen-bond acceptors (Lipinski definition) is 6. The second kappa shape index (κ2) is 5.94. The summed E-state index contributed by atoms with van der Waals surface area (Å²) in [5.74, 6) is -1.78. The zero-order valence-electron chi connectivity index (χ0n) is 14.3. The van der Waals surface area contributed by atoms with Gasteiger partial charge in [-0.25, -0.2) is 4.98 Å². The molecule has 132 valence electrons. The lowest BCUT2D eigenvalue weighted by Crippen LogP contribution is -2.32. The summed E-state index contributed by atoms with van der Waals surface area (Å²) in [5, 5.41) is 6.51. The van der Waals surface area contributed by atoms with E-state index in [0.717, 1.165) is 0 Å². The Bertz CT molecular complexity index is 854. The van der Waals surface area contributed by atoms with Crippen LogP contribution in [-0.4, -0.2) is 27.6 Å². The Hall–Kier alpha value is -2.77. The van der Waals surface area contributed by atoms with Gasteiger partial charge in [0.2, 0.25) is 5.95 Å². The Morgan fingerprint density at radius 3 is 2.80 bits per heavy atom. The fourth-order valence-corrected chi connectivity index (χ4v) is 2.80. The number of carbonyl (C=O) groups is 2. The van der Waals surface area contributed by atoms with Gasteiger partial charge in [-0.2, -0.15) is 4.39 Å². The molecule has 3 rings (SSSR count). The van der Waals surface area contributed by atoms with Crippen LogP contribution in [0.3, 0.4) is 0 Å². The Morgan fingerprint density at radius 1 is 1.40 bits per heavy atom. The fraction of sp³-hybridized carbons (Fsp3) is 0.412. The number of fused-ring (bicyclic) bond motifs is 3. The van der Waals surface area contributed by atoms with E-state index in [2.05, 4.69) is 15.5 Å². The van der Waals surface area contributed by atoms with Gasteiger partial charge in [0.25, 0.3) is 5.91 Å². The van der Waals surface area contributed by atoms with Crippen molar-refractivity contribution >= 4 is 11.9 Å². The number of nitrogens with zero attached hydrogens (tertiary/aromatic N) is 2. The predicted molar refractivity (Wildman–Crippen MR) is 85.1 cm³/mol.